The predicted molar refractivity (Wildman–Crippen MR) is 106 cm³/mol. The van der Waals surface area contributed by atoms with Gasteiger partial charge in [-0.3, -0.25) is 0 Å². The summed E-state index contributed by atoms with van der Waals surface area (Å²) >= 11 is 0. The monoisotopic (exact) mass is 388 g/mol. The topological polar surface area (TPSA) is 60.6 Å². The molecule has 0 atom stereocenters. The van der Waals surface area contributed by atoms with Gasteiger partial charge >= 0.3 is 0 Å². The summed E-state index contributed by atoms with van der Waals surface area (Å²) in [6, 6.07) is 0.473. The third-order valence-electron chi connectivity index (χ3n) is 7.58. The van der Waals surface area contributed by atoms with Crippen LogP contribution in [0.3, 0.4) is 0 Å². The third kappa shape index (κ3) is 2.83. The van der Waals surface area contributed by atoms with Gasteiger partial charge in [-0.05, 0) is 82.2 Å². The minimum atomic E-state index is 0. The maximum atomic E-state index is 4.74. The van der Waals surface area contributed by atoms with Crippen LogP contribution in [0.1, 0.15) is 57.4 Å². The summed E-state index contributed by atoms with van der Waals surface area (Å²) in [5.41, 5.74) is 1.24. The highest BCUT2D eigenvalue weighted by atomic mass is 35.5. The Labute approximate surface area is 166 Å². The van der Waals surface area contributed by atoms with Crippen molar-refractivity contribution in [2.75, 3.05) is 13.1 Å². The minimum Gasteiger partial charge on any atom is -0.323 e. The number of aromatic nitrogens is 5. The van der Waals surface area contributed by atoms with Crippen LogP contribution in [0, 0.1) is 17.8 Å². The Morgan fingerprint density at radius 1 is 1.00 bits per heavy atom. The summed E-state index contributed by atoms with van der Waals surface area (Å²) in [6.07, 6.45) is 17.0. The lowest BCUT2D eigenvalue weighted by Gasteiger charge is -2.57. The van der Waals surface area contributed by atoms with Gasteiger partial charge in [0.25, 0.3) is 0 Å². The first-order valence-corrected chi connectivity index (χ1v) is 10.5. The normalized spacial score (nSPS) is 35.3. The number of halogens is 1. The summed E-state index contributed by atoms with van der Waals surface area (Å²) in [4.78, 5) is 4.74. The van der Waals surface area contributed by atoms with Gasteiger partial charge < -0.3 is 9.88 Å². The highest BCUT2D eigenvalue weighted by molar-refractivity contribution is 5.85. The zero-order valence-electron chi connectivity index (χ0n) is 15.8. The lowest BCUT2D eigenvalue weighted by atomic mass is 9.53. The van der Waals surface area contributed by atoms with Gasteiger partial charge in [-0.2, -0.15) is 0 Å². The zero-order chi connectivity index (χ0) is 17.1. The number of hydrogen-bond acceptors (Lipinski definition) is 4. The molecule has 0 amide bonds. The highest BCUT2D eigenvalue weighted by Gasteiger charge is 2.52. The smallest absolute Gasteiger partial charge is 0.162 e. The van der Waals surface area contributed by atoms with Crippen LogP contribution in [0.15, 0.2) is 18.6 Å². The van der Waals surface area contributed by atoms with E-state index in [9.17, 15) is 0 Å². The number of imidazole rings is 1. The van der Waals surface area contributed by atoms with Gasteiger partial charge in [0.2, 0.25) is 0 Å². The second-order valence-electron chi connectivity index (χ2n) is 9.33. The molecule has 4 bridgehead atoms. The van der Waals surface area contributed by atoms with E-state index in [1.54, 1.807) is 0 Å². The summed E-state index contributed by atoms with van der Waals surface area (Å²) in [5.74, 6) is 3.83. The van der Waals surface area contributed by atoms with E-state index in [1.807, 2.05) is 6.20 Å². The molecule has 7 heteroatoms. The average molecular weight is 389 g/mol. The molecule has 1 saturated heterocycles. The van der Waals surface area contributed by atoms with Crippen LogP contribution >= 0.6 is 12.4 Å². The van der Waals surface area contributed by atoms with Gasteiger partial charge in [0.15, 0.2) is 5.82 Å². The third-order valence-corrected chi connectivity index (χ3v) is 7.58. The standard InChI is InChI=1S/C20H28N6.ClH/c1-3-21-4-2-17(1)26-13-18(23-24-26)19-22-5-6-25(19)20-10-14-7-15(11-20)9-16(8-14)12-20;/h5-6,13-17,21H,1-4,7-12H2;1H. The molecule has 0 spiro atoms. The van der Waals surface area contributed by atoms with Crippen LogP contribution in [0.5, 0.6) is 0 Å². The fourth-order valence-electron chi connectivity index (χ4n) is 6.86. The Hall–Kier alpha value is -1.40. The zero-order valence-corrected chi connectivity index (χ0v) is 16.6. The van der Waals surface area contributed by atoms with E-state index in [1.165, 1.54) is 38.5 Å². The van der Waals surface area contributed by atoms with Crippen LogP contribution in [-0.2, 0) is 5.54 Å². The maximum Gasteiger partial charge on any atom is 0.162 e. The lowest BCUT2D eigenvalue weighted by molar-refractivity contribution is -0.0422. The fourth-order valence-corrected chi connectivity index (χ4v) is 6.86. The first-order valence-electron chi connectivity index (χ1n) is 10.5. The van der Waals surface area contributed by atoms with Crippen LogP contribution in [-0.4, -0.2) is 37.6 Å². The Morgan fingerprint density at radius 2 is 1.67 bits per heavy atom. The van der Waals surface area contributed by atoms with E-state index in [-0.39, 0.29) is 12.4 Å². The van der Waals surface area contributed by atoms with Crippen LogP contribution in [0.2, 0.25) is 0 Å². The number of nitrogens with one attached hydrogen (secondary N) is 1. The molecule has 0 unspecified atom stereocenters. The Kier molecular flexibility index (Phi) is 4.32. The Morgan fingerprint density at radius 3 is 2.33 bits per heavy atom. The molecular formula is C20H29ClN6. The van der Waals surface area contributed by atoms with Crippen molar-refractivity contribution in [2.24, 2.45) is 17.8 Å². The molecule has 7 rings (SSSR count). The van der Waals surface area contributed by atoms with Gasteiger partial charge in [-0.1, -0.05) is 5.21 Å². The molecule has 4 saturated carbocycles. The second-order valence-corrected chi connectivity index (χ2v) is 9.33. The molecule has 2 aromatic heterocycles. The van der Waals surface area contributed by atoms with Crippen molar-refractivity contribution in [3.8, 4) is 11.5 Å². The maximum absolute atomic E-state index is 4.74. The molecule has 0 aromatic carbocycles. The molecule has 27 heavy (non-hydrogen) atoms. The van der Waals surface area contributed by atoms with Crippen LogP contribution in [0.25, 0.3) is 11.5 Å². The molecule has 3 heterocycles. The van der Waals surface area contributed by atoms with Gasteiger partial charge in [0.1, 0.15) is 5.69 Å². The summed E-state index contributed by atoms with van der Waals surface area (Å²) in [7, 11) is 0. The van der Waals surface area contributed by atoms with E-state index >= 15 is 0 Å². The summed E-state index contributed by atoms with van der Waals surface area (Å²) in [6.45, 7) is 2.14. The largest absolute Gasteiger partial charge is 0.323 e. The van der Waals surface area contributed by atoms with E-state index in [4.69, 9.17) is 4.98 Å². The molecular weight excluding hydrogens is 360 g/mol. The first-order chi connectivity index (χ1) is 12.8. The predicted octanol–water partition coefficient (Wildman–Crippen LogP) is 3.41. The quantitative estimate of drug-likeness (QED) is 0.875. The van der Waals surface area contributed by atoms with E-state index in [0.29, 0.717) is 11.6 Å². The fraction of sp³-hybridized carbons (Fsp3) is 0.750. The van der Waals surface area contributed by atoms with Gasteiger partial charge in [0.05, 0.1) is 12.2 Å². The second kappa shape index (κ2) is 6.59. The van der Waals surface area contributed by atoms with Crippen molar-refractivity contribution in [1.82, 2.24) is 29.9 Å². The van der Waals surface area contributed by atoms with E-state index < -0.39 is 0 Å². The number of nitrogens with zero attached hydrogens (tertiary/aromatic N) is 5. The Balaban J connectivity index is 0.00000160. The molecule has 146 valence electrons. The van der Waals surface area contributed by atoms with Crippen molar-refractivity contribution < 1.29 is 0 Å². The van der Waals surface area contributed by atoms with Crippen molar-refractivity contribution in [3.05, 3.63) is 18.6 Å². The molecule has 1 N–H and O–H groups in total. The molecule has 6 nitrogen and oxygen atoms in total. The molecule has 5 aliphatic rings. The Bertz CT molecular complexity index is 770. The van der Waals surface area contributed by atoms with Gasteiger partial charge in [0, 0.05) is 17.9 Å². The molecule has 1 aliphatic heterocycles. The van der Waals surface area contributed by atoms with Crippen LogP contribution < -0.4 is 5.32 Å². The summed E-state index contributed by atoms with van der Waals surface area (Å²) < 4.78 is 4.57. The van der Waals surface area contributed by atoms with Gasteiger partial charge in [-0.15, -0.1) is 17.5 Å². The number of rotatable bonds is 3. The minimum absolute atomic E-state index is 0. The van der Waals surface area contributed by atoms with Crippen molar-refractivity contribution in [2.45, 2.75) is 62.9 Å². The SMILES string of the molecule is Cl.c1cn(C23CC4CC(CC(C4)C2)C3)c(-c2cn(C3CCNCC3)nn2)n1. The molecule has 4 aliphatic carbocycles. The van der Waals surface area contributed by atoms with E-state index in [2.05, 4.69) is 37.3 Å². The van der Waals surface area contributed by atoms with Crippen molar-refractivity contribution >= 4 is 12.4 Å². The average Bonchev–Trinajstić information content (AvgIpc) is 3.31. The number of piperidine rings is 1. The lowest BCUT2D eigenvalue weighted by Crippen LogP contribution is -2.51. The van der Waals surface area contributed by atoms with Crippen molar-refractivity contribution in [3.63, 3.8) is 0 Å². The van der Waals surface area contributed by atoms with E-state index in [0.717, 1.165) is 55.2 Å². The van der Waals surface area contributed by atoms with Gasteiger partial charge in [-0.25, -0.2) is 9.67 Å². The summed E-state index contributed by atoms with van der Waals surface area (Å²) in [5, 5.41) is 12.4. The van der Waals surface area contributed by atoms with Crippen molar-refractivity contribution in [1.29, 1.82) is 0 Å². The molecule has 0 radical (unpaired) electrons. The highest BCUT2D eigenvalue weighted by Crippen LogP contribution is 2.59. The van der Waals surface area contributed by atoms with Crippen LogP contribution in [0.4, 0.5) is 0 Å². The number of hydrogen-bond donors (Lipinski definition) is 1. The molecule has 2 aromatic rings. The molecule has 5 fully saturated rings. The first kappa shape index (κ1) is 17.7.